The normalized spacial score (nSPS) is 10.5. The van der Waals surface area contributed by atoms with Gasteiger partial charge in [0.25, 0.3) is 0 Å². The molecule has 1 heterocycles. The lowest BCUT2D eigenvalue weighted by Crippen LogP contribution is -2.04. The summed E-state index contributed by atoms with van der Waals surface area (Å²) >= 11 is 0. The van der Waals surface area contributed by atoms with Gasteiger partial charge in [-0.2, -0.15) is 0 Å². The number of aromatic nitrogens is 2. The van der Waals surface area contributed by atoms with Gasteiger partial charge in [0.05, 0.1) is 6.54 Å². The molecule has 2 rings (SSSR count). The van der Waals surface area contributed by atoms with Crippen LogP contribution in [0.1, 0.15) is 11.5 Å². The Balaban J connectivity index is 2.29. The minimum absolute atomic E-state index is 0.573. The number of hydrogen-bond donors (Lipinski definition) is 1. The quantitative estimate of drug-likeness (QED) is 0.825. The highest BCUT2D eigenvalue weighted by Crippen LogP contribution is 2.18. The molecule has 1 aromatic carbocycles. The number of nitrogens with one attached hydrogen (secondary N) is 1. The van der Waals surface area contributed by atoms with E-state index < -0.39 is 0 Å². The third-order valence-electron chi connectivity index (χ3n) is 2.06. The Morgan fingerprint density at radius 1 is 1.33 bits per heavy atom. The third-order valence-corrected chi connectivity index (χ3v) is 2.06. The Bertz CT molecular complexity index is 451. The summed E-state index contributed by atoms with van der Waals surface area (Å²) in [5.74, 6) is 1.18. The molecule has 0 saturated carbocycles. The Kier molecular flexibility index (Phi) is 2.78. The maximum Gasteiger partial charge on any atom is 0.247 e. The van der Waals surface area contributed by atoms with E-state index in [1.165, 1.54) is 5.56 Å². The van der Waals surface area contributed by atoms with Gasteiger partial charge in [-0.3, -0.25) is 0 Å². The molecule has 0 unspecified atom stereocenters. The van der Waals surface area contributed by atoms with E-state index in [1.54, 1.807) is 0 Å². The Morgan fingerprint density at radius 3 is 2.93 bits per heavy atom. The molecule has 15 heavy (non-hydrogen) atoms. The summed E-state index contributed by atoms with van der Waals surface area (Å²) in [7, 11) is 1.84. The number of rotatable bonds is 3. The average molecular weight is 203 g/mol. The van der Waals surface area contributed by atoms with Crippen LogP contribution in [0.25, 0.3) is 11.5 Å². The second kappa shape index (κ2) is 4.23. The molecule has 0 aliphatic heterocycles. The van der Waals surface area contributed by atoms with Crippen molar-refractivity contribution in [2.45, 2.75) is 13.5 Å². The SMILES string of the molecule is CNCc1nnc(-c2cccc(C)c2)o1. The number of aryl methyl sites for hydroxylation is 1. The Morgan fingerprint density at radius 2 is 2.20 bits per heavy atom. The average Bonchev–Trinajstić information content (AvgIpc) is 2.67. The van der Waals surface area contributed by atoms with E-state index in [2.05, 4.69) is 15.5 Å². The van der Waals surface area contributed by atoms with Crippen LogP contribution in [0.3, 0.4) is 0 Å². The fourth-order valence-corrected chi connectivity index (χ4v) is 1.37. The lowest BCUT2D eigenvalue weighted by Gasteiger charge is -1.95. The summed E-state index contributed by atoms with van der Waals surface area (Å²) in [5, 5.41) is 10.9. The van der Waals surface area contributed by atoms with E-state index in [0.717, 1.165) is 5.56 Å². The van der Waals surface area contributed by atoms with Crippen LogP contribution >= 0.6 is 0 Å². The third kappa shape index (κ3) is 2.22. The summed E-state index contributed by atoms with van der Waals surface area (Å²) in [6.07, 6.45) is 0. The van der Waals surface area contributed by atoms with Crippen LogP contribution < -0.4 is 5.32 Å². The van der Waals surface area contributed by atoms with E-state index in [0.29, 0.717) is 18.3 Å². The van der Waals surface area contributed by atoms with Gasteiger partial charge in [0.1, 0.15) is 0 Å². The van der Waals surface area contributed by atoms with Crippen LogP contribution in [0.15, 0.2) is 28.7 Å². The molecule has 0 bridgehead atoms. The molecule has 2 aromatic rings. The van der Waals surface area contributed by atoms with Gasteiger partial charge in [-0.05, 0) is 26.1 Å². The van der Waals surface area contributed by atoms with Gasteiger partial charge in [0.2, 0.25) is 11.8 Å². The van der Waals surface area contributed by atoms with Crippen molar-refractivity contribution in [1.82, 2.24) is 15.5 Å². The fourth-order valence-electron chi connectivity index (χ4n) is 1.37. The zero-order chi connectivity index (χ0) is 10.7. The van der Waals surface area contributed by atoms with Gasteiger partial charge in [-0.15, -0.1) is 10.2 Å². The minimum atomic E-state index is 0.573. The molecule has 1 N–H and O–H groups in total. The van der Waals surface area contributed by atoms with Gasteiger partial charge in [-0.25, -0.2) is 0 Å². The largest absolute Gasteiger partial charge is 0.419 e. The summed E-state index contributed by atoms with van der Waals surface area (Å²) in [6, 6.07) is 8.00. The molecule has 0 radical (unpaired) electrons. The number of benzene rings is 1. The van der Waals surface area contributed by atoms with Gasteiger partial charge < -0.3 is 9.73 Å². The van der Waals surface area contributed by atoms with Crippen molar-refractivity contribution in [3.8, 4) is 11.5 Å². The second-order valence-electron chi connectivity index (χ2n) is 3.40. The van der Waals surface area contributed by atoms with E-state index in [1.807, 2.05) is 38.2 Å². The smallest absolute Gasteiger partial charge is 0.247 e. The van der Waals surface area contributed by atoms with E-state index in [9.17, 15) is 0 Å². The molecule has 4 nitrogen and oxygen atoms in total. The first-order valence-electron chi connectivity index (χ1n) is 4.83. The highest BCUT2D eigenvalue weighted by atomic mass is 16.4. The van der Waals surface area contributed by atoms with Crippen molar-refractivity contribution >= 4 is 0 Å². The summed E-state index contributed by atoms with van der Waals surface area (Å²) in [6.45, 7) is 2.63. The lowest BCUT2D eigenvalue weighted by atomic mass is 10.1. The van der Waals surface area contributed by atoms with Crippen molar-refractivity contribution in [2.24, 2.45) is 0 Å². The lowest BCUT2D eigenvalue weighted by molar-refractivity contribution is 0.490. The van der Waals surface area contributed by atoms with Gasteiger partial charge in [0, 0.05) is 5.56 Å². The molecule has 78 valence electrons. The second-order valence-corrected chi connectivity index (χ2v) is 3.40. The molecule has 0 aliphatic rings. The topological polar surface area (TPSA) is 51.0 Å². The first-order chi connectivity index (χ1) is 7.29. The fraction of sp³-hybridized carbons (Fsp3) is 0.273. The summed E-state index contributed by atoms with van der Waals surface area (Å²) < 4.78 is 5.48. The van der Waals surface area contributed by atoms with E-state index >= 15 is 0 Å². The molecule has 0 spiro atoms. The minimum Gasteiger partial charge on any atom is -0.419 e. The molecule has 0 atom stereocenters. The zero-order valence-electron chi connectivity index (χ0n) is 8.82. The molecular formula is C11H13N3O. The van der Waals surface area contributed by atoms with Gasteiger partial charge in [-0.1, -0.05) is 17.7 Å². The standard InChI is InChI=1S/C11H13N3O/c1-8-4-3-5-9(6-8)11-14-13-10(15-11)7-12-2/h3-6,12H,7H2,1-2H3. The first-order valence-corrected chi connectivity index (χ1v) is 4.83. The summed E-state index contributed by atoms with van der Waals surface area (Å²) in [4.78, 5) is 0. The predicted molar refractivity (Wildman–Crippen MR) is 57.2 cm³/mol. The maximum atomic E-state index is 5.48. The van der Waals surface area contributed by atoms with Gasteiger partial charge >= 0.3 is 0 Å². The molecule has 4 heteroatoms. The van der Waals surface area contributed by atoms with Crippen molar-refractivity contribution in [2.75, 3.05) is 7.05 Å². The van der Waals surface area contributed by atoms with Crippen LogP contribution in [-0.2, 0) is 6.54 Å². The number of nitrogens with zero attached hydrogens (tertiary/aromatic N) is 2. The van der Waals surface area contributed by atoms with Crippen molar-refractivity contribution in [3.63, 3.8) is 0 Å². The first kappa shape index (κ1) is 9.86. The zero-order valence-corrected chi connectivity index (χ0v) is 8.82. The molecule has 0 aliphatic carbocycles. The molecule has 0 saturated heterocycles. The molecule has 1 aromatic heterocycles. The van der Waals surface area contributed by atoms with Crippen molar-refractivity contribution in [3.05, 3.63) is 35.7 Å². The highest BCUT2D eigenvalue weighted by Gasteiger charge is 2.07. The summed E-state index contributed by atoms with van der Waals surface area (Å²) in [5.41, 5.74) is 2.14. The molecular weight excluding hydrogens is 190 g/mol. The van der Waals surface area contributed by atoms with Crippen molar-refractivity contribution < 1.29 is 4.42 Å². The number of hydrogen-bond acceptors (Lipinski definition) is 4. The van der Waals surface area contributed by atoms with Gasteiger partial charge in [0.15, 0.2) is 0 Å². The molecule has 0 amide bonds. The molecule has 0 fully saturated rings. The van der Waals surface area contributed by atoms with Crippen LogP contribution in [-0.4, -0.2) is 17.2 Å². The Labute approximate surface area is 88.3 Å². The Hall–Kier alpha value is -1.68. The van der Waals surface area contributed by atoms with Crippen LogP contribution in [0.2, 0.25) is 0 Å². The van der Waals surface area contributed by atoms with E-state index in [4.69, 9.17) is 4.42 Å². The monoisotopic (exact) mass is 203 g/mol. The maximum absolute atomic E-state index is 5.48. The van der Waals surface area contributed by atoms with E-state index in [-0.39, 0.29) is 0 Å². The predicted octanol–water partition coefficient (Wildman–Crippen LogP) is 1.76. The van der Waals surface area contributed by atoms with Crippen LogP contribution in [0.5, 0.6) is 0 Å². The van der Waals surface area contributed by atoms with Crippen LogP contribution in [0, 0.1) is 6.92 Å². The highest BCUT2D eigenvalue weighted by molar-refractivity contribution is 5.53. The van der Waals surface area contributed by atoms with Crippen LogP contribution in [0.4, 0.5) is 0 Å². The van der Waals surface area contributed by atoms with Crippen molar-refractivity contribution in [1.29, 1.82) is 0 Å².